The molecule has 1 aliphatic heterocycles. The molecule has 6 heteroatoms. The molecular formula is C22H36N4O2. The van der Waals surface area contributed by atoms with Crippen LogP contribution in [0.2, 0.25) is 0 Å². The Hall–Kier alpha value is -1.40. The summed E-state index contributed by atoms with van der Waals surface area (Å²) in [6, 6.07) is 0.332. The van der Waals surface area contributed by atoms with Crippen molar-refractivity contribution in [3.05, 3.63) is 17.3 Å². The van der Waals surface area contributed by atoms with Gasteiger partial charge in [0, 0.05) is 18.5 Å². The summed E-state index contributed by atoms with van der Waals surface area (Å²) in [5.74, 6) is 3.91. The van der Waals surface area contributed by atoms with Crippen molar-refractivity contribution in [1.82, 2.24) is 15.2 Å². The first kappa shape index (κ1) is 19.9. The van der Waals surface area contributed by atoms with Crippen LogP contribution in [0.25, 0.3) is 0 Å². The molecule has 2 bridgehead atoms. The molecule has 0 radical (unpaired) electrons. The second kappa shape index (κ2) is 8.54. The molecule has 0 aromatic carbocycles. The maximum atomic E-state index is 12.7. The van der Waals surface area contributed by atoms with Crippen LogP contribution in [0.1, 0.15) is 62.3 Å². The molecule has 1 amide bonds. The van der Waals surface area contributed by atoms with Gasteiger partial charge in [-0.15, -0.1) is 0 Å². The summed E-state index contributed by atoms with van der Waals surface area (Å²) >= 11 is 0. The molecule has 0 spiro atoms. The number of hydrogen-bond donors (Lipinski definition) is 2. The van der Waals surface area contributed by atoms with Crippen LogP contribution in [0.5, 0.6) is 0 Å². The van der Waals surface area contributed by atoms with Crippen molar-refractivity contribution in [2.45, 2.75) is 71.4 Å². The first-order chi connectivity index (χ1) is 13.5. The highest BCUT2D eigenvalue weighted by atomic mass is 16.4. The monoisotopic (exact) mass is 388 g/mol. The number of aromatic nitrogens is 1. The summed E-state index contributed by atoms with van der Waals surface area (Å²) in [4.78, 5) is 19.6. The lowest BCUT2D eigenvalue weighted by Gasteiger charge is -2.43. The van der Waals surface area contributed by atoms with Gasteiger partial charge in [-0.1, -0.05) is 6.42 Å². The van der Waals surface area contributed by atoms with E-state index >= 15 is 0 Å². The number of carbonyl (C=O) groups is 1. The second-order valence-corrected chi connectivity index (χ2v) is 9.41. The molecular weight excluding hydrogens is 352 g/mol. The van der Waals surface area contributed by atoms with Crippen molar-refractivity contribution in [3.8, 4) is 0 Å². The molecule has 2 saturated carbocycles. The Morgan fingerprint density at radius 1 is 1.18 bits per heavy atom. The van der Waals surface area contributed by atoms with E-state index in [2.05, 4.69) is 15.2 Å². The molecule has 156 valence electrons. The Balaban J connectivity index is 1.18. The van der Waals surface area contributed by atoms with E-state index in [-0.39, 0.29) is 11.8 Å². The highest BCUT2D eigenvalue weighted by Gasteiger charge is 2.40. The second-order valence-electron chi connectivity index (χ2n) is 9.41. The van der Waals surface area contributed by atoms with Crippen molar-refractivity contribution >= 4 is 5.91 Å². The number of rotatable bonds is 5. The fraction of sp³-hybridized carbons (Fsp3) is 0.818. The lowest BCUT2D eigenvalue weighted by molar-refractivity contribution is -0.128. The topological polar surface area (TPSA) is 84.4 Å². The SMILES string of the molecule is Cc1nc(CN2CCC(CNC(=O)C3CC4CCCC(C3)C4N)CC2)oc1C. The highest BCUT2D eigenvalue weighted by Crippen LogP contribution is 2.41. The Morgan fingerprint density at radius 3 is 2.46 bits per heavy atom. The third-order valence-electron chi connectivity index (χ3n) is 7.49. The van der Waals surface area contributed by atoms with E-state index in [1.165, 1.54) is 19.3 Å². The molecule has 2 aliphatic carbocycles. The molecule has 2 atom stereocenters. The van der Waals surface area contributed by atoms with E-state index in [9.17, 15) is 4.79 Å². The first-order valence-corrected chi connectivity index (χ1v) is 11.2. The van der Waals surface area contributed by atoms with E-state index in [4.69, 9.17) is 10.2 Å². The average Bonchev–Trinajstić information content (AvgIpc) is 2.98. The zero-order valence-electron chi connectivity index (χ0n) is 17.5. The summed E-state index contributed by atoms with van der Waals surface area (Å²) in [5, 5.41) is 3.27. The van der Waals surface area contributed by atoms with Crippen LogP contribution in [0.3, 0.4) is 0 Å². The quantitative estimate of drug-likeness (QED) is 0.810. The van der Waals surface area contributed by atoms with Gasteiger partial charge in [-0.3, -0.25) is 9.69 Å². The Morgan fingerprint density at radius 2 is 1.86 bits per heavy atom. The minimum absolute atomic E-state index is 0.187. The largest absolute Gasteiger partial charge is 0.444 e. The number of likely N-dealkylation sites (tertiary alicyclic amines) is 1. The smallest absolute Gasteiger partial charge is 0.223 e. The molecule has 3 fully saturated rings. The number of oxazole rings is 1. The van der Waals surface area contributed by atoms with E-state index in [0.29, 0.717) is 23.8 Å². The van der Waals surface area contributed by atoms with E-state index < -0.39 is 0 Å². The first-order valence-electron chi connectivity index (χ1n) is 11.2. The number of amides is 1. The van der Waals surface area contributed by atoms with E-state index in [1.807, 2.05) is 13.8 Å². The van der Waals surface area contributed by atoms with Gasteiger partial charge in [-0.2, -0.15) is 0 Å². The number of carbonyl (C=O) groups excluding carboxylic acids is 1. The number of hydrogen-bond acceptors (Lipinski definition) is 5. The van der Waals surface area contributed by atoms with Crippen LogP contribution in [0.15, 0.2) is 4.42 Å². The summed E-state index contributed by atoms with van der Waals surface area (Å²) in [5.41, 5.74) is 7.35. The number of fused-ring (bicyclic) bond motifs is 2. The molecule has 28 heavy (non-hydrogen) atoms. The Kier molecular flexibility index (Phi) is 6.07. The summed E-state index contributed by atoms with van der Waals surface area (Å²) in [7, 11) is 0. The van der Waals surface area contributed by atoms with Crippen LogP contribution in [0.4, 0.5) is 0 Å². The van der Waals surface area contributed by atoms with Gasteiger partial charge in [0.2, 0.25) is 11.8 Å². The predicted molar refractivity (Wildman–Crippen MR) is 109 cm³/mol. The normalized spacial score (nSPS) is 31.7. The molecule has 3 aliphatic rings. The van der Waals surface area contributed by atoms with Crippen LogP contribution < -0.4 is 11.1 Å². The van der Waals surface area contributed by atoms with Crippen molar-refractivity contribution in [2.24, 2.45) is 29.4 Å². The van der Waals surface area contributed by atoms with Gasteiger partial charge in [0.15, 0.2) is 0 Å². The van der Waals surface area contributed by atoms with Gasteiger partial charge in [0.05, 0.1) is 12.2 Å². The molecule has 3 N–H and O–H groups in total. The lowest BCUT2D eigenvalue weighted by atomic mass is 9.65. The standard InChI is InChI=1S/C22H36N4O2/c1-14-15(2)28-20(25-14)13-26-8-6-16(7-9-26)12-24-22(27)19-10-17-4-3-5-18(11-19)21(17)23/h16-19,21H,3-13,23H2,1-2H3,(H,24,27). The van der Waals surface area contributed by atoms with Crippen LogP contribution >= 0.6 is 0 Å². The highest BCUT2D eigenvalue weighted by molar-refractivity contribution is 5.78. The average molecular weight is 389 g/mol. The van der Waals surface area contributed by atoms with Crippen molar-refractivity contribution in [1.29, 1.82) is 0 Å². The summed E-state index contributed by atoms with van der Waals surface area (Å²) in [6.07, 6.45) is 7.96. The third kappa shape index (κ3) is 4.43. The van der Waals surface area contributed by atoms with Gasteiger partial charge < -0.3 is 15.5 Å². The van der Waals surface area contributed by atoms with Crippen LogP contribution in [0, 0.1) is 37.5 Å². The van der Waals surface area contributed by atoms with Gasteiger partial charge in [0.25, 0.3) is 0 Å². The Bertz CT molecular complexity index is 647. The Labute approximate surface area is 168 Å². The van der Waals surface area contributed by atoms with Crippen LogP contribution in [-0.2, 0) is 11.3 Å². The number of aryl methyl sites for hydroxylation is 2. The number of nitrogens with zero attached hydrogens (tertiary/aromatic N) is 2. The van der Waals surface area contributed by atoms with Crippen molar-refractivity contribution in [3.63, 3.8) is 0 Å². The van der Waals surface area contributed by atoms with Crippen molar-refractivity contribution < 1.29 is 9.21 Å². The summed E-state index contributed by atoms with van der Waals surface area (Å²) in [6.45, 7) is 7.66. The van der Waals surface area contributed by atoms with Gasteiger partial charge >= 0.3 is 0 Å². The summed E-state index contributed by atoms with van der Waals surface area (Å²) < 4.78 is 5.71. The van der Waals surface area contributed by atoms with Gasteiger partial charge in [-0.05, 0) is 83.2 Å². The lowest BCUT2D eigenvalue weighted by Crippen LogP contribution is -2.49. The van der Waals surface area contributed by atoms with E-state index in [0.717, 1.165) is 69.2 Å². The molecule has 6 nitrogen and oxygen atoms in total. The maximum Gasteiger partial charge on any atom is 0.223 e. The van der Waals surface area contributed by atoms with Crippen LogP contribution in [-0.4, -0.2) is 41.5 Å². The van der Waals surface area contributed by atoms with Gasteiger partial charge in [-0.25, -0.2) is 4.98 Å². The van der Waals surface area contributed by atoms with Crippen molar-refractivity contribution in [2.75, 3.05) is 19.6 Å². The molecule has 2 unspecified atom stereocenters. The zero-order valence-corrected chi connectivity index (χ0v) is 17.5. The minimum Gasteiger partial charge on any atom is -0.444 e. The van der Waals surface area contributed by atoms with Gasteiger partial charge in [0.1, 0.15) is 5.76 Å². The van der Waals surface area contributed by atoms with E-state index in [1.54, 1.807) is 0 Å². The molecule has 1 saturated heterocycles. The molecule has 1 aromatic rings. The molecule has 4 rings (SSSR count). The fourth-order valence-electron chi connectivity index (χ4n) is 5.54. The maximum absolute atomic E-state index is 12.7. The zero-order chi connectivity index (χ0) is 19.7. The number of nitrogens with one attached hydrogen (secondary N) is 1. The molecule has 1 aromatic heterocycles. The third-order valence-corrected chi connectivity index (χ3v) is 7.49. The minimum atomic E-state index is 0.187. The number of nitrogens with two attached hydrogens (primary N) is 1. The fourth-order valence-corrected chi connectivity index (χ4v) is 5.54. The molecule has 2 heterocycles. The predicted octanol–water partition coefficient (Wildman–Crippen LogP) is 2.77. The number of piperidine rings is 1.